The van der Waals surface area contributed by atoms with Crippen LogP contribution in [0.25, 0.3) is 0 Å². The number of anilines is 1. The quantitative estimate of drug-likeness (QED) is 0.868. The van der Waals surface area contributed by atoms with E-state index in [0.29, 0.717) is 17.0 Å². The Labute approximate surface area is 121 Å². The normalized spacial score (nSPS) is 10.5. The number of nitrogens with zero attached hydrogens (tertiary/aromatic N) is 2. The van der Waals surface area contributed by atoms with E-state index in [1.165, 1.54) is 18.0 Å². The van der Waals surface area contributed by atoms with Gasteiger partial charge in [-0.1, -0.05) is 0 Å². The number of aromatic nitrogens is 2. The Hall–Kier alpha value is -2.57. The van der Waals surface area contributed by atoms with Gasteiger partial charge in [0.2, 0.25) is 0 Å². The second-order valence-electron chi connectivity index (χ2n) is 4.67. The van der Waals surface area contributed by atoms with Crippen molar-refractivity contribution in [3.05, 3.63) is 35.0 Å². The van der Waals surface area contributed by atoms with Crippen LogP contribution in [0.5, 0.6) is 0 Å². The lowest BCUT2D eigenvalue weighted by atomic mass is 10.1. The van der Waals surface area contributed by atoms with E-state index in [9.17, 15) is 9.59 Å². The van der Waals surface area contributed by atoms with Crippen molar-refractivity contribution in [2.45, 2.75) is 27.3 Å². The molecule has 0 unspecified atom stereocenters. The van der Waals surface area contributed by atoms with Gasteiger partial charge in [-0.15, -0.1) is 0 Å². The molecular weight excluding hydrogens is 274 g/mol. The van der Waals surface area contributed by atoms with Gasteiger partial charge in [0.25, 0.3) is 5.91 Å². The maximum Gasteiger partial charge on any atom is 0.327 e. The highest BCUT2D eigenvalue weighted by atomic mass is 16.5. The van der Waals surface area contributed by atoms with E-state index in [-0.39, 0.29) is 12.5 Å². The predicted molar refractivity (Wildman–Crippen MR) is 75.1 cm³/mol. The topological polar surface area (TPSA) is 86.4 Å². The number of furan rings is 1. The first-order chi connectivity index (χ1) is 9.92. The van der Waals surface area contributed by atoms with Gasteiger partial charge in [0.15, 0.2) is 0 Å². The molecule has 0 saturated carbocycles. The van der Waals surface area contributed by atoms with Gasteiger partial charge in [0.05, 0.1) is 24.6 Å². The lowest BCUT2D eigenvalue weighted by molar-refractivity contribution is -0.141. The van der Waals surface area contributed by atoms with E-state index >= 15 is 0 Å². The lowest BCUT2D eigenvalue weighted by Gasteiger charge is -2.02. The van der Waals surface area contributed by atoms with E-state index in [0.717, 1.165) is 11.3 Å². The summed E-state index contributed by atoms with van der Waals surface area (Å²) in [6.07, 6.45) is 3.03. The van der Waals surface area contributed by atoms with Crippen molar-refractivity contribution in [2.24, 2.45) is 0 Å². The molecule has 0 saturated heterocycles. The summed E-state index contributed by atoms with van der Waals surface area (Å²) in [5.74, 6) is 0.621. The van der Waals surface area contributed by atoms with Gasteiger partial charge in [-0.25, -0.2) is 0 Å². The van der Waals surface area contributed by atoms with Gasteiger partial charge in [0.1, 0.15) is 18.1 Å². The first-order valence-electron chi connectivity index (χ1n) is 6.39. The molecule has 2 aromatic rings. The van der Waals surface area contributed by atoms with Crippen LogP contribution in [0.15, 0.2) is 16.8 Å². The van der Waals surface area contributed by atoms with Crippen molar-refractivity contribution >= 4 is 17.6 Å². The second-order valence-corrected chi connectivity index (χ2v) is 4.67. The summed E-state index contributed by atoms with van der Waals surface area (Å²) in [4.78, 5) is 23.4. The molecule has 1 N–H and O–H groups in total. The Bertz CT molecular complexity index is 684. The zero-order chi connectivity index (χ0) is 15.6. The van der Waals surface area contributed by atoms with Crippen LogP contribution in [-0.4, -0.2) is 28.8 Å². The van der Waals surface area contributed by atoms with Gasteiger partial charge in [0, 0.05) is 11.8 Å². The SMILES string of the molecule is COC(=O)Cn1cc(NC(=O)c2c(C)oc(C)c2C)cn1. The number of carbonyl (C=O) groups excluding carboxylic acids is 2. The molecule has 0 atom stereocenters. The van der Waals surface area contributed by atoms with Crippen LogP contribution in [-0.2, 0) is 16.1 Å². The Kier molecular flexibility index (Phi) is 4.11. The molecule has 0 aliphatic heterocycles. The molecule has 0 aliphatic rings. The van der Waals surface area contributed by atoms with Crippen LogP contribution in [0.4, 0.5) is 5.69 Å². The molecule has 2 aromatic heterocycles. The fourth-order valence-electron chi connectivity index (χ4n) is 2.03. The molecular formula is C14H17N3O4. The van der Waals surface area contributed by atoms with Crippen molar-refractivity contribution < 1.29 is 18.7 Å². The van der Waals surface area contributed by atoms with Gasteiger partial charge in [-0.3, -0.25) is 14.3 Å². The van der Waals surface area contributed by atoms with E-state index in [4.69, 9.17) is 4.42 Å². The number of ether oxygens (including phenoxy) is 1. The van der Waals surface area contributed by atoms with Crippen LogP contribution < -0.4 is 5.32 Å². The second kappa shape index (κ2) is 5.82. The zero-order valence-corrected chi connectivity index (χ0v) is 12.4. The number of hydrogen-bond donors (Lipinski definition) is 1. The summed E-state index contributed by atoms with van der Waals surface area (Å²) in [6, 6.07) is 0. The van der Waals surface area contributed by atoms with Crippen LogP contribution in [0.3, 0.4) is 0 Å². The van der Waals surface area contributed by atoms with Gasteiger partial charge in [-0.05, 0) is 20.8 Å². The van der Waals surface area contributed by atoms with E-state index in [2.05, 4.69) is 15.2 Å². The third-order valence-electron chi connectivity index (χ3n) is 3.20. The van der Waals surface area contributed by atoms with Crippen LogP contribution in [0, 0.1) is 20.8 Å². The molecule has 7 nitrogen and oxygen atoms in total. The van der Waals surface area contributed by atoms with Gasteiger partial charge >= 0.3 is 5.97 Å². The Morgan fingerprint density at radius 2 is 2.05 bits per heavy atom. The average Bonchev–Trinajstić information content (AvgIpc) is 2.95. The fourth-order valence-corrected chi connectivity index (χ4v) is 2.03. The molecule has 0 spiro atoms. The fraction of sp³-hybridized carbons (Fsp3) is 0.357. The molecule has 0 bridgehead atoms. The molecule has 0 radical (unpaired) electrons. The number of carbonyl (C=O) groups is 2. The van der Waals surface area contributed by atoms with Crippen molar-refractivity contribution in [1.29, 1.82) is 0 Å². The number of methoxy groups -OCH3 is 1. The number of nitrogens with one attached hydrogen (secondary N) is 1. The monoisotopic (exact) mass is 291 g/mol. The summed E-state index contributed by atoms with van der Waals surface area (Å²) in [5.41, 5.74) is 1.83. The highest BCUT2D eigenvalue weighted by Crippen LogP contribution is 2.21. The molecule has 7 heteroatoms. The van der Waals surface area contributed by atoms with Crippen LogP contribution in [0.2, 0.25) is 0 Å². The summed E-state index contributed by atoms with van der Waals surface area (Å²) in [6.45, 7) is 5.39. The Balaban J connectivity index is 2.11. The average molecular weight is 291 g/mol. The maximum atomic E-state index is 12.3. The Morgan fingerprint density at radius 1 is 1.33 bits per heavy atom. The lowest BCUT2D eigenvalue weighted by Crippen LogP contribution is -2.14. The van der Waals surface area contributed by atoms with Gasteiger partial charge < -0.3 is 14.5 Å². The largest absolute Gasteiger partial charge is 0.468 e. The van der Waals surface area contributed by atoms with Crippen molar-refractivity contribution in [3.63, 3.8) is 0 Å². The van der Waals surface area contributed by atoms with Crippen molar-refractivity contribution in [3.8, 4) is 0 Å². The number of aryl methyl sites for hydroxylation is 2. The summed E-state index contributed by atoms with van der Waals surface area (Å²) in [7, 11) is 1.31. The number of esters is 1. The number of amides is 1. The van der Waals surface area contributed by atoms with E-state index in [1.54, 1.807) is 13.1 Å². The number of rotatable bonds is 4. The summed E-state index contributed by atoms with van der Waals surface area (Å²) >= 11 is 0. The molecule has 0 aliphatic carbocycles. The van der Waals surface area contributed by atoms with Crippen LogP contribution in [0.1, 0.15) is 27.4 Å². The van der Waals surface area contributed by atoms with Gasteiger partial charge in [-0.2, -0.15) is 5.10 Å². The standard InChI is InChI=1S/C14H17N3O4/c1-8-9(2)21-10(3)13(8)14(19)16-11-5-15-17(6-11)7-12(18)20-4/h5-6H,7H2,1-4H3,(H,16,19). The molecule has 1 amide bonds. The third kappa shape index (κ3) is 3.13. The van der Waals surface area contributed by atoms with Crippen molar-refractivity contribution in [2.75, 3.05) is 12.4 Å². The van der Waals surface area contributed by atoms with E-state index in [1.807, 2.05) is 13.8 Å². The molecule has 2 heterocycles. The summed E-state index contributed by atoms with van der Waals surface area (Å²) in [5, 5.41) is 6.71. The minimum absolute atomic E-state index is 0.00472. The first-order valence-corrected chi connectivity index (χ1v) is 6.39. The molecule has 112 valence electrons. The smallest absolute Gasteiger partial charge is 0.327 e. The third-order valence-corrected chi connectivity index (χ3v) is 3.20. The number of hydrogen-bond acceptors (Lipinski definition) is 5. The van der Waals surface area contributed by atoms with Crippen molar-refractivity contribution in [1.82, 2.24) is 9.78 Å². The molecule has 21 heavy (non-hydrogen) atoms. The van der Waals surface area contributed by atoms with Crippen LogP contribution >= 0.6 is 0 Å². The Morgan fingerprint density at radius 3 is 2.62 bits per heavy atom. The summed E-state index contributed by atoms with van der Waals surface area (Å²) < 4.78 is 11.4. The highest BCUT2D eigenvalue weighted by molar-refractivity contribution is 6.06. The predicted octanol–water partition coefficient (Wildman–Crippen LogP) is 1.83. The molecule has 0 fully saturated rings. The molecule has 2 rings (SSSR count). The van der Waals surface area contributed by atoms with E-state index < -0.39 is 5.97 Å². The minimum Gasteiger partial charge on any atom is -0.468 e. The molecule has 0 aromatic carbocycles. The maximum absolute atomic E-state index is 12.3. The highest BCUT2D eigenvalue weighted by Gasteiger charge is 2.19. The minimum atomic E-state index is -0.409. The zero-order valence-electron chi connectivity index (χ0n) is 12.4. The first kappa shape index (κ1) is 14.8.